The lowest BCUT2D eigenvalue weighted by atomic mass is 10.1. The second-order valence-corrected chi connectivity index (χ2v) is 7.18. The predicted octanol–water partition coefficient (Wildman–Crippen LogP) is 3.01. The summed E-state index contributed by atoms with van der Waals surface area (Å²) in [6, 6.07) is 5.93. The second-order valence-electron chi connectivity index (χ2n) is 7.18. The lowest BCUT2D eigenvalue weighted by molar-refractivity contribution is -0.133. The second kappa shape index (κ2) is 9.46. The molecule has 0 saturated carbocycles. The van der Waals surface area contributed by atoms with E-state index in [9.17, 15) is 9.59 Å². The van der Waals surface area contributed by atoms with E-state index in [0.29, 0.717) is 51.7 Å². The van der Waals surface area contributed by atoms with Gasteiger partial charge in [0.15, 0.2) is 0 Å². The summed E-state index contributed by atoms with van der Waals surface area (Å²) in [5, 5.41) is 0. The van der Waals surface area contributed by atoms with E-state index in [-0.39, 0.29) is 12.0 Å². The summed E-state index contributed by atoms with van der Waals surface area (Å²) in [5.41, 5.74) is 2.40. The van der Waals surface area contributed by atoms with Crippen molar-refractivity contribution in [3.05, 3.63) is 29.3 Å². The number of hydrogen-bond donors (Lipinski definition) is 0. The molecule has 0 unspecified atom stereocenters. The zero-order valence-corrected chi connectivity index (χ0v) is 16.3. The normalized spacial score (nSPS) is 14.5. The maximum Gasteiger partial charge on any atom is 0.409 e. The van der Waals surface area contributed by atoms with E-state index in [1.165, 1.54) is 11.1 Å². The zero-order valence-electron chi connectivity index (χ0n) is 16.3. The van der Waals surface area contributed by atoms with Crippen molar-refractivity contribution in [2.24, 2.45) is 5.92 Å². The van der Waals surface area contributed by atoms with E-state index in [1.807, 2.05) is 39.0 Å². The lowest BCUT2D eigenvalue weighted by Gasteiger charge is -2.34. The highest BCUT2D eigenvalue weighted by atomic mass is 16.6. The van der Waals surface area contributed by atoms with Crippen LogP contribution in [0.25, 0.3) is 0 Å². The highest BCUT2D eigenvalue weighted by Crippen LogP contribution is 2.16. The molecule has 2 rings (SSSR count). The van der Waals surface area contributed by atoms with E-state index in [1.54, 1.807) is 9.80 Å². The predicted molar refractivity (Wildman–Crippen MR) is 100 cm³/mol. The molecule has 0 aromatic heterocycles. The quantitative estimate of drug-likeness (QED) is 0.780. The zero-order chi connectivity index (χ0) is 19.1. The van der Waals surface area contributed by atoms with Gasteiger partial charge in [-0.1, -0.05) is 19.9 Å². The number of ether oxygens (including phenoxy) is 2. The maximum atomic E-state index is 12.3. The molecule has 1 aliphatic rings. The van der Waals surface area contributed by atoms with Crippen LogP contribution < -0.4 is 4.74 Å². The standard InChI is InChI=1S/C20H30N2O4/c1-15(2)14-26-20(24)22-10-8-21(9-11-22)19(23)7-12-25-18-6-5-16(3)17(4)13-18/h5-6,13,15H,7-12,14H2,1-4H3. The highest BCUT2D eigenvalue weighted by Gasteiger charge is 2.24. The van der Waals surface area contributed by atoms with Crippen LogP contribution in [0.3, 0.4) is 0 Å². The van der Waals surface area contributed by atoms with Gasteiger partial charge in [0.05, 0.1) is 19.6 Å². The van der Waals surface area contributed by atoms with Gasteiger partial charge in [0.2, 0.25) is 5.91 Å². The number of carbonyl (C=O) groups excluding carboxylic acids is 2. The van der Waals surface area contributed by atoms with Gasteiger partial charge < -0.3 is 19.3 Å². The molecule has 0 bridgehead atoms. The van der Waals surface area contributed by atoms with Crippen LogP contribution in [0.5, 0.6) is 5.75 Å². The molecule has 0 spiro atoms. The Morgan fingerprint density at radius 2 is 1.69 bits per heavy atom. The van der Waals surface area contributed by atoms with Gasteiger partial charge in [0.1, 0.15) is 5.75 Å². The molecule has 0 radical (unpaired) electrons. The molecule has 144 valence electrons. The van der Waals surface area contributed by atoms with E-state index < -0.39 is 0 Å². The Balaban J connectivity index is 1.69. The Labute approximate surface area is 156 Å². The van der Waals surface area contributed by atoms with E-state index >= 15 is 0 Å². The molecular formula is C20H30N2O4. The third-order valence-electron chi connectivity index (χ3n) is 4.49. The number of hydrogen-bond acceptors (Lipinski definition) is 4. The molecule has 1 aromatic carbocycles. The third-order valence-corrected chi connectivity index (χ3v) is 4.49. The van der Waals surface area contributed by atoms with Crippen LogP contribution in [-0.4, -0.2) is 61.2 Å². The molecule has 6 nitrogen and oxygen atoms in total. The smallest absolute Gasteiger partial charge is 0.409 e. The first kappa shape index (κ1) is 20.1. The fourth-order valence-electron chi connectivity index (χ4n) is 2.69. The van der Waals surface area contributed by atoms with Crippen molar-refractivity contribution in [1.82, 2.24) is 9.80 Å². The Morgan fingerprint density at radius 1 is 1.04 bits per heavy atom. The van der Waals surface area contributed by atoms with Crippen molar-refractivity contribution in [3.63, 3.8) is 0 Å². The van der Waals surface area contributed by atoms with Crippen LogP contribution in [-0.2, 0) is 9.53 Å². The minimum Gasteiger partial charge on any atom is -0.493 e. The SMILES string of the molecule is Cc1ccc(OCCC(=O)N2CCN(C(=O)OCC(C)C)CC2)cc1C. The number of piperazine rings is 1. The van der Waals surface area contributed by atoms with Crippen LogP contribution in [0.15, 0.2) is 18.2 Å². The Bertz CT molecular complexity index is 622. The van der Waals surface area contributed by atoms with Crippen LogP contribution in [0, 0.1) is 19.8 Å². The number of nitrogens with zero attached hydrogens (tertiary/aromatic N) is 2. The maximum absolute atomic E-state index is 12.3. The summed E-state index contributed by atoms with van der Waals surface area (Å²) in [5.74, 6) is 1.17. The molecule has 1 fully saturated rings. The first-order valence-electron chi connectivity index (χ1n) is 9.26. The Hall–Kier alpha value is -2.24. The van der Waals surface area contributed by atoms with E-state index in [2.05, 4.69) is 6.92 Å². The molecule has 26 heavy (non-hydrogen) atoms. The van der Waals surface area contributed by atoms with E-state index in [4.69, 9.17) is 9.47 Å². The Morgan fingerprint density at radius 3 is 2.31 bits per heavy atom. The summed E-state index contributed by atoms with van der Waals surface area (Å²) < 4.78 is 10.9. The van der Waals surface area contributed by atoms with Crippen molar-refractivity contribution in [3.8, 4) is 5.75 Å². The average molecular weight is 362 g/mol. The van der Waals surface area contributed by atoms with Crippen molar-refractivity contribution in [1.29, 1.82) is 0 Å². The van der Waals surface area contributed by atoms with Crippen molar-refractivity contribution in [2.45, 2.75) is 34.1 Å². The molecule has 1 aromatic rings. The topological polar surface area (TPSA) is 59.1 Å². The van der Waals surface area contributed by atoms with Crippen LogP contribution in [0.4, 0.5) is 4.79 Å². The molecular weight excluding hydrogens is 332 g/mol. The fraction of sp³-hybridized carbons (Fsp3) is 0.600. The first-order valence-corrected chi connectivity index (χ1v) is 9.26. The average Bonchev–Trinajstić information content (AvgIpc) is 2.62. The minimum atomic E-state index is -0.288. The van der Waals surface area contributed by atoms with Gasteiger partial charge in [0.25, 0.3) is 0 Å². The van der Waals surface area contributed by atoms with Gasteiger partial charge in [-0.3, -0.25) is 4.79 Å². The number of rotatable bonds is 6. The van der Waals surface area contributed by atoms with Crippen LogP contribution in [0.2, 0.25) is 0 Å². The number of aryl methyl sites for hydroxylation is 2. The molecule has 0 atom stereocenters. The van der Waals surface area contributed by atoms with Gasteiger partial charge in [-0.15, -0.1) is 0 Å². The lowest BCUT2D eigenvalue weighted by Crippen LogP contribution is -2.51. The third kappa shape index (κ3) is 5.93. The Kier molecular flexibility index (Phi) is 7.30. The number of benzene rings is 1. The number of amides is 2. The van der Waals surface area contributed by atoms with Gasteiger partial charge >= 0.3 is 6.09 Å². The minimum absolute atomic E-state index is 0.0593. The largest absolute Gasteiger partial charge is 0.493 e. The van der Waals surface area contributed by atoms with Crippen LogP contribution in [0.1, 0.15) is 31.4 Å². The van der Waals surface area contributed by atoms with Gasteiger partial charge in [0, 0.05) is 26.2 Å². The van der Waals surface area contributed by atoms with Gasteiger partial charge in [-0.25, -0.2) is 4.79 Å². The fourth-order valence-corrected chi connectivity index (χ4v) is 2.69. The summed E-state index contributed by atoms with van der Waals surface area (Å²) in [4.78, 5) is 27.7. The molecule has 1 heterocycles. The summed E-state index contributed by atoms with van der Waals surface area (Å²) in [6.45, 7) is 11.0. The van der Waals surface area contributed by atoms with E-state index in [0.717, 1.165) is 5.75 Å². The van der Waals surface area contributed by atoms with Crippen molar-refractivity contribution >= 4 is 12.0 Å². The van der Waals surface area contributed by atoms with Crippen molar-refractivity contribution in [2.75, 3.05) is 39.4 Å². The molecule has 2 amide bonds. The molecule has 0 aliphatic carbocycles. The molecule has 0 N–H and O–H groups in total. The molecule has 6 heteroatoms. The summed E-state index contributed by atoms with van der Waals surface area (Å²) >= 11 is 0. The first-order chi connectivity index (χ1) is 12.4. The summed E-state index contributed by atoms with van der Waals surface area (Å²) in [6.07, 6.45) is 0.0499. The van der Waals surface area contributed by atoms with Crippen molar-refractivity contribution < 1.29 is 19.1 Å². The number of carbonyl (C=O) groups is 2. The monoisotopic (exact) mass is 362 g/mol. The van der Waals surface area contributed by atoms with Gasteiger partial charge in [-0.05, 0) is 43.0 Å². The molecule has 1 saturated heterocycles. The van der Waals surface area contributed by atoms with Crippen LogP contribution >= 0.6 is 0 Å². The molecule has 1 aliphatic heterocycles. The highest BCUT2D eigenvalue weighted by molar-refractivity contribution is 5.77. The summed E-state index contributed by atoms with van der Waals surface area (Å²) in [7, 11) is 0. The van der Waals surface area contributed by atoms with Gasteiger partial charge in [-0.2, -0.15) is 0 Å².